The van der Waals surface area contributed by atoms with Crippen molar-refractivity contribution >= 4 is 0 Å². The summed E-state index contributed by atoms with van der Waals surface area (Å²) in [6, 6.07) is 16.0. The zero-order valence-electron chi connectivity index (χ0n) is 11.0. The Balaban J connectivity index is 1.86. The summed E-state index contributed by atoms with van der Waals surface area (Å²) in [6.07, 6.45) is 0.436. The van der Waals surface area contributed by atoms with Gasteiger partial charge in [0.25, 0.3) is 5.89 Å². The first-order valence-corrected chi connectivity index (χ1v) is 6.36. The molecule has 0 aliphatic carbocycles. The number of hydrogen-bond acceptors (Lipinski definition) is 5. The predicted octanol–water partition coefficient (Wildman–Crippen LogP) is 2.90. The zero-order chi connectivity index (χ0) is 14.7. The van der Waals surface area contributed by atoms with E-state index >= 15 is 0 Å². The normalized spacial score (nSPS) is 10.2. The van der Waals surface area contributed by atoms with Crippen LogP contribution in [0, 0.1) is 11.3 Å². The third kappa shape index (κ3) is 2.74. The lowest BCUT2D eigenvalue weighted by molar-refractivity contribution is 0.423. The fourth-order valence-electron chi connectivity index (χ4n) is 2.00. The third-order valence-corrected chi connectivity index (χ3v) is 3.07. The molecule has 3 rings (SSSR count). The van der Waals surface area contributed by atoms with Gasteiger partial charge in [0, 0.05) is 12.0 Å². The number of hydrogen-bond donors (Lipinski definition) is 1. The first-order chi connectivity index (χ1) is 10.3. The van der Waals surface area contributed by atoms with Gasteiger partial charge in [-0.3, -0.25) is 0 Å². The molecule has 0 radical (unpaired) electrons. The fourth-order valence-corrected chi connectivity index (χ4v) is 2.00. The Morgan fingerprint density at radius 2 is 1.86 bits per heavy atom. The highest BCUT2D eigenvalue weighted by atomic mass is 16.5. The van der Waals surface area contributed by atoms with Gasteiger partial charge in [0.15, 0.2) is 5.82 Å². The summed E-state index contributed by atoms with van der Waals surface area (Å²) >= 11 is 0. The molecule has 0 atom stereocenters. The van der Waals surface area contributed by atoms with Gasteiger partial charge in [-0.1, -0.05) is 23.4 Å². The van der Waals surface area contributed by atoms with Gasteiger partial charge in [-0.05, 0) is 35.9 Å². The van der Waals surface area contributed by atoms with Crippen LogP contribution in [0.5, 0.6) is 5.75 Å². The van der Waals surface area contributed by atoms with E-state index in [1.807, 2.05) is 18.2 Å². The van der Waals surface area contributed by atoms with E-state index in [2.05, 4.69) is 16.2 Å². The van der Waals surface area contributed by atoms with Gasteiger partial charge < -0.3 is 9.63 Å². The monoisotopic (exact) mass is 277 g/mol. The first-order valence-electron chi connectivity index (χ1n) is 6.36. The van der Waals surface area contributed by atoms with Crippen molar-refractivity contribution in [3.8, 4) is 23.3 Å². The van der Waals surface area contributed by atoms with E-state index < -0.39 is 0 Å². The predicted molar refractivity (Wildman–Crippen MR) is 75.4 cm³/mol. The summed E-state index contributed by atoms with van der Waals surface area (Å²) in [5.74, 6) is 1.08. The van der Waals surface area contributed by atoms with Crippen LogP contribution < -0.4 is 0 Å². The summed E-state index contributed by atoms with van der Waals surface area (Å²) in [6.45, 7) is 0. The van der Waals surface area contributed by atoms with Gasteiger partial charge >= 0.3 is 0 Å². The smallest absolute Gasteiger partial charge is 0.257 e. The van der Waals surface area contributed by atoms with E-state index in [0.29, 0.717) is 23.7 Å². The van der Waals surface area contributed by atoms with Crippen molar-refractivity contribution in [3.05, 3.63) is 65.5 Å². The van der Waals surface area contributed by atoms with Gasteiger partial charge in [0.05, 0.1) is 11.6 Å². The molecule has 3 aromatic rings. The second-order valence-corrected chi connectivity index (χ2v) is 4.51. The SMILES string of the molecule is N#Cc1ccccc1Cc1noc(-c2ccc(O)cc2)n1. The Morgan fingerprint density at radius 1 is 1.10 bits per heavy atom. The molecular formula is C16H11N3O2. The van der Waals surface area contributed by atoms with Crippen LogP contribution in [-0.2, 0) is 6.42 Å². The highest BCUT2D eigenvalue weighted by molar-refractivity contribution is 5.54. The van der Waals surface area contributed by atoms with E-state index in [9.17, 15) is 5.11 Å². The molecule has 0 aliphatic rings. The number of nitriles is 1. The van der Waals surface area contributed by atoms with Crippen LogP contribution in [0.2, 0.25) is 0 Å². The van der Waals surface area contributed by atoms with Crippen molar-refractivity contribution in [1.29, 1.82) is 5.26 Å². The third-order valence-electron chi connectivity index (χ3n) is 3.07. The van der Waals surface area contributed by atoms with Gasteiger partial charge in [0.2, 0.25) is 0 Å². The molecule has 21 heavy (non-hydrogen) atoms. The quantitative estimate of drug-likeness (QED) is 0.795. The summed E-state index contributed by atoms with van der Waals surface area (Å²) < 4.78 is 5.21. The Bertz CT molecular complexity index is 801. The van der Waals surface area contributed by atoms with E-state index in [1.54, 1.807) is 30.3 Å². The number of phenols is 1. The molecular weight excluding hydrogens is 266 g/mol. The summed E-state index contributed by atoms with van der Waals surface area (Å²) in [5.41, 5.74) is 2.20. The molecule has 1 aromatic heterocycles. The number of rotatable bonds is 3. The molecule has 0 spiro atoms. The average molecular weight is 277 g/mol. The van der Waals surface area contributed by atoms with E-state index in [1.165, 1.54) is 0 Å². The van der Waals surface area contributed by atoms with Crippen LogP contribution in [-0.4, -0.2) is 15.2 Å². The topological polar surface area (TPSA) is 82.9 Å². The zero-order valence-corrected chi connectivity index (χ0v) is 11.0. The molecule has 1 heterocycles. The number of aromatic nitrogens is 2. The van der Waals surface area contributed by atoms with Crippen molar-refractivity contribution < 1.29 is 9.63 Å². The molecule has 2 aromatic carbocycles. The molecule has 102 valence electrons. The number of benzene rings is 2. The maximum atomic E-state index is 9.26. The Hall–Kier alpha value is -3.13. The van der Waals surface area contributed by atoms with Gasteiger partial charge in [-0.25, -0.2) is 0 Å². The summed E-state index contributed by atoms with van der Waals surface area (Å²) in [4.78, 5) is 4.31. The molecule has 5 heteroatoms. The lowest BCUT2D eigenvalue weighted by Gasteiger charge is -1.98. The molecule has 0 amide bonds. The van der Waals surface area contributed by atoms with Gasteiger partial charge in [-0.2, -0.15) is 10.2 Å². The highest BCUT2D eigenvalue weighted by Gasteiger charge is 2.11. The van der Waals surface area contributed by atoms with E-state index in [4.69, 9.17) is 9.78 Å². The van der Waals surface area contributed by atoms with Crippen LogP contribution in [0.4, 0.5) is 0 Å². The molecule has 0 aliphatic heterocycles. The largest absolute Gasteiger partial charge is 0.508 e. The summed E-state index contributed by atoms with van der Waals surface area (Å²) in [7, 11) is 0. The fraction of sp³-hybridized carbons (Fsp3) is 0.0625. The minimum Gasteiger partial charge on any atom is -0.508 e. The lowest BCUT2D eigenvalue weighted by Crippen LogP contribution is -1.94. The van der Waals surface area contributed by atoms with Gasteiger partial charge in [-0.15, -0.1) is 0 Å². The highest BCUT2D eigenvalue weighted by Crippen LogP contribution is 2.21. The minimum atomic E-state index is 0.182. The van der Waals surface area contributed by atoms with Crippen LogP contribution in [0.3, 0.4) is 0 Å². The molecule has 0 unspecified atom stereocenters. The van der Waals surface area contributed by atoms with Crippen LogP contribution >= 0.6 is 0 Å². The second-order valence-electron chi connectivity index (χ2n) is 4.51. The average Bonchev–Trinajstić information content (AvgIpc) is 2.97. The molecule has 1 N–H and O–H groups in total. The number of phenolic OH excluding ortho intramolecular Hbond substituents is 1. The second kappa shape index (κ2) is 5.47. The van der Waals surface area contributed by atoms with Crippen LogP contribution in [0.15, 0.2) is 53.1 Å². The Morgan fingerprint density at radius 3 is 2.62 bits per heavy atom. The van der Waals surface area contributed by atoms with Crippen molar-refractivity contribution in [2.75, 3.05) is 0 Å². The Labute approximate surface area is 121 Å². The van der Waals surface area contributed by atoms with Crippen molar-refractivity contribution in [3.63, 3.8) is 0 Å². The number of nitrogens with zero attached hydrogens (tertiary/aromatic N) is 3. The minimum absolute atomic E-state index is 0.182. The van der Waals surface area contributed by atoms with E-state index in [-0.39, 0.29) is 5.75 Å². The lowest BCUT2D eigenvalue weighted by atomic mass is 10.1. The maximum Gasteiger partial charge on any atom is 0.257 e. The number of aromatic hydroxyl groups is 1. The van der Waals surface area contributed by atoms with Gasteiger partial charge in [0.1, 0.15) is 5.75 Å². The van der Waals surface area contributed by atoms with Crippen molar-refractivity contribution in [2.24, 2.45) is 0 Å². The summed E-state index contributed by atoms with van der Waals surface area (Å²) in [5, 5.41) is 22.3. The molecule has 0 saturated heterocycles. The molecule has 0 bridgehead atoms. The maximum absolute atomic E-state index is 9.26. The van der Waals surface area contributed by atoms with Crippen LogP contribution in [0.25, 0.3) is 11.5 Å². The standard InChI is InChI=1S/C16H11N3O2/c17-10-13-4-2-1-3-12(13)9-15-18-16(21-19-15)11-5-7-14(20)8-6-11/h1-8,20H,9H2. The molecule has 0 fully saturated rings. The Kier molecular flexibility index (Phi) is 3.36. The van der Waals surface area contributed by atoms with Crippen molar-refractivity contribution in [2.45, 2.75) is 6.42 Å². The van der Waals surface area contributed by atoms with Crippen molar-refractivity contribution in [1.82, 2.24) is 10.1 Å². The first kappa shape index (κ1) is 12.9. The molecule has 5 nitrogen and oxygen atoms in total. The molecule has 0 saturated carbocycles. The van der Waals surface area contributed by atoms with E-state index in [0.717, 1.165) is 11.1 Å². The van der Waals surface area contributed by atoms with Crippen LogP contribution in [0.1, 0.15) is 17.0 Å².